The number of carbonyl (C=O) groups is 2. The van der Waals surface area contributed by atoms with E-state index in [1.54, 1.807) is 23.7 Å². The van der Waals surface area contributed by atoms with Gasteiger partial charge in [0.1, 0.15) is 0 Å². The average molecular weight is 259 g/mol. The van der Waals surface area contributed by atoms with Gasteiger partial charge in [0, 0.05) is 19.3 Å². The number of hydrogen-bond acceptors (Lipinski definition) is 3. The SMILES string of the molecule is CSCCN(C)C(=O)[C@H]1CC(C)C[C@H]1C(=O)O. The predicted molar refractivity (Wildman–Crippen MR) is 69.0 cm³/mol. The fourth-order valence-corrected chi connectivity index (χ4v) is 2.92. The molecule has 5 heteroatoms. The van der Waals surface area contributed by atoms with Crippen LogP contribution in [-0.4, -0.2) is 47.5 Å². The molecule has 3 atom stereocenters. The largest absolute Gasteiger partial charge is 0.481 e. The normalized spacial score (nSPS) is 28.1. The standard InChI is InChI=1S/C12H21NO3S/c1-8-6-9(10(7-8)12(15)16)11(14)13(2)4-5-17-3/h8-10H,4-7H2,1-3H3,(H,15,16)/t8?,9-,10+/m0/s1. The lowest BCUT2D eigenvalue weighted by atomic mass is 9.95. The fraction of sp³-hybridized carbons (Fsp3) is 0.833. The second-order valence-electron chi connectivity index (χ2n) is 4.88. The van der Waals surface area contributed by atoms with Gasteiger partial charge >= 0.3 is 5.97 Å². The van der Waals surface area contributed by atoms with Gasteiger partial charge in [-0.15, -0.1) is 0 Å². The van der Waals surface area contributed by atoms with Crippen molar-refractivity contribution in [3.05, 3.63) is 0 Å². The molecular weight excluding hydrogens is 238 g/mol. The van der Waals surface area contributed by atoms with E-state index in [0.717, 1.165) is 5.75 Å². The summed E-state index contributed by atoms with van der Waals surface area (Å²) in [5.41, 5.74) is 0. The van der Waals surface area contributed by atoms with Crippen LogP contribution in [-0.2, 0) is 9.59 Å². The van der Waals surface area contributed by atoms with E-state index in [0.29, 0.717) is 25.3 Å². The maximum absolute atomic E-state index is 12.2. The number of rotatable bonds is 5. The molecule has 0 aliphatic heterocycles. The van der Waals surface area contributed by atoms with E-state index in [2.05, 4.69) is 0 Å². The summed E-state index contributed by atoms with van der Waals surface area (Å²) in [6.07, 6.45) is 3.33. The Balaban J connectivity index is 2.63. The lowest BCUT2D eigenvalue weighted by Crippen LogP contribution is -2.37. The van der Waals surface area contributed by atoms with Gasteiger partial charge < -0.3 is 10.0 Å². The molecule has 1 saturated carbocycles. The van der Waals surface area contributed by atoms with Crippen LogP contribution in [0.1, 0.15) is 19.8 Å². The summed E-state index contributed by atoms with van der Waals surface area (Å²) >= 11 is 1.69. The third-order valence-corrected chi connectivity index (χ3v) is 4.03. The van der Waals surface area contributed by atoms with Crippen molar-refractivity contribution in [2.45, 2.75) is 19.8 Å². The highest BCUT2D eigenvalue weighted by atomic mass is 32.2. The molecule has 0 aromatic heterocycles. The number of carboxylic acid groups (broad SMARTS) is 1. The van der Waals surface area contributed by atoms with Crippen molar-refractivity contribution in [1.82, 2.24) is 4.90 Å². The average Bonchev–Trinajstić information content (AvgIpc) is 2.67. The second kappa shape index (κ2) is 6.28. The third-order valence-electron chi connectivity index (χ3n) is 3.44. The zero-order chi connectivity index (χ0) is 13.0. The first-order chi connectivity index (χ1) is 7.97. The molecule has 1 aliphatic carbocycles. The van der Waals surface area contributed by atoms with Gasteiger partial charge in [0.15, 0.2) is 0 Å². The lowest BCUT2D eigenvalue weighted by molar-refractivity contribution is -0.148. The number of thioether (sulfide) groups is 1. The van der Waals surface area contributed by atoms with E-state index >= 15 is 0 Å². The molecule has 0 aromatic carbocycles. The van der Waals surface area contributed by atoms with E-state index in [-0.39, 0.29) is 11.8 Å². The van der Waals surface area contributed by atoms with Gasteiger partial charge in [0.25, 0.3) is 0 Å². The van der Waals surface area contributed by atoms with Gasteiger partial charge in [0.05, 0.1) is 11.8 Å². The number of aliphatic carboxylic acids is 1. The van der Waals surface area contributed by atoms with Crippen LogP contribution in [0, 0.1) is 17.8 Å². The number of carbonyl (C=O) groups excluding carboxylic acids is 1. The summed E-state index contributed by atoms with van der Waals surface area (Å²) in [6, 6.07) is 0. The monoisotopic (exact) mass is 259 g/mol. The van der Waals surface area contributed by atoms with Gasteiger partial charge in [-0.1, -0.05) is 6.92 Å². The Labute approximate surface area is 107 Å². The predicted octanol–water partition coefficient (Wildman–Crippen LogP) is 1.55. The Morgan fingerprint density at radius 1 is 1.35 bits per heavy atom. The quantitative estimate of drug-likeness (QED) is 0.814. The molecule has 4 nitrogen and oxygen atoms in total. The van der Waals surface area contributed by atoms with Gasteiger partial charge in [-0.3, -0.25) is 9.59 Å². The molecule has 1 aliphatic rings. The molecule has 1 amide bonds. The van der Waals surface area contributed by atoms with Crippen molar-refractivity contribution in [2.24, 2.45) is 17.8 Å². The number of hydrogen-bond donors (Lipinski definition) is 1. The van der Waals surface area contributed by atoms with Gasteiger partial charge in [-0.2, -0.15) is 11.8 Å². The molecule has 0 radical (unpaired) electrons. The molecule has 1 N–H and O–H groups in total. The molecule has 0 heterocycles. The Morgan fingerprint density at radius 3 is 2.47 bits per heavy atom. The smallest absolute Gasteiger partial charge is 0.307 e. The van der Waals surface area contributed by atoms with Gasteiger partial charge in [-0.25, -0.2) is 0 Å². The molecule has 98 valence electrons. The van der Waals surface area contributed by atoms with E-state index in [1.165, 1.54) is 0 Å². The van der Waals surface area contributed by atoms with E-state index in [4.69, 9.17) is 5.11 Å². The Kier molecular flexibility index (Phi) is 5.31. The summed E-state index contributed by atoms with van der Waals surface area (Å²) in [5, 5.41) is 9.13. The summed E-state index contributed by atoms with van der Waals surface area (Å²) in [6.45, 7) is 2.71. The molecule has 1 unspecified atom stereocenters. The Hall–Kier alpha value is -0.710. The molecular formula is C12H21NO3S. The van der Waals surface area contributed by atoms with Gasteiger partial charge in [-0.05, 0) is 25.0 Å². The van der Waals surface area contributed by atoms with Crippen molar-refractivity contribution < 1.29 is 14.7 Å². The van der Waals surface area contributed by atoms with Crippen molar-refractivity contribution in [1.29, 1.82) is 0 Å². The third kappa shape index (κ3) is 3.63. The van der Waals surface area contributed by atoms with E-state index in [1.807, 2.05) is 13.2 Å². The Morgan fingerprint density at radius 2 is 1.94 bits per heavy atom. The Bertz CT molecular complexity index is 295. The maximum Gasteiger partial charge on any atom is 0.307 e. The minimum absolute atomic E-state index is 0.00389. The van der Waals surface area contributed by atoms with Crippen molar-refractivity contribution >= 4 is 23.6 Å². The van der Waals surface area contributed by atoms with E-state index < -0.39 is 11.9 Å². The highest BCUT2D eigenvalue weighted by Crippen LogP contribution is 2.37. The van der Waals surface area contributed by atoms with Crippen molar-refractivity contribution in [2.75, 3.05) is 25.6 Å². The second-order valence-corrected chi connectivity index (χ2v) is 5.87. The molecule has 0 spiro atoms. The summed E-state index contributed by atoms with van der Waals surface area (Å²) in [4.78, 5) is 25.0. The summed E-state index contributed by atoms with van der Waals surface area (Å²) < 4.78 is 0. The van der Waals surface area contributed by atoms with Crippen LogP contribution in [0.4, 0.5) is 0 Å². The summed E-state index contributed by atoms with van der Waals surface area (Å²) in [7, 11) is 1.76. The first-order valence-corrected chi connectivity index (χ1v) is 7.33. The first-order valence-electron chi connectivity index (χ1n) is 5.94. The lowest BCUT2D eigenvalue weighted by Gasteiger charge is -2.23. The number of amides is 1. The zero-order valence-electron chi connectivity index (χ0n) is 10.7. The molecule has 0 saturated heterocycles. The topological polar surface area (TPSA) is 57.6 Å². The zero-order valence-corrected chi connectivity index (χ0v) is 11.5. The number of carboxylic acids is 1. The van der Waals surface area contributed by atoms with Crippen LogP contribution in [0.2, 0.25) is 0 Å². The highest BCUT2D eigenvalue weighted by molar-refractivity contribution is 7.98. The van der Waals surface area contributed by atoms with Gasteiger partial charge in [0.2, 0.25) is 5.91 Å². The molecule has 17 heavy (non-hydrogen) atoms. The van der Waals surface area contributed by atoms with Crippen LogP contribution in [0.3, 0.4) is 0 Å². The van der Waals surface area contributed by atoms with Crippen LogP contribution in [0.25, 0.3) is 0 Å². The molecule has 1 fully saturated rings. The van der Waals surface area contributed by atoms with Crippen molar-refractivity contribution in [3.63, 3.8) is 0 Å². The van der Waals surface area contributed by atoms with E-state index in [9.17, 15) is 9.59 Å². The first kappa shape index (κ1) is 14.4. The van der Waals surface area contributed by atoms with Crippen LogP contribution >= 0.6 is 11.8 Å². The fourth-order valence-electron chi connectivity index (χ4n) is 2.46. The maximum atomic E-state index is 12.2. The van der Waals surface area contributed by atoms with Crippen LogP contribution in [0.5, 0.6) is 0 Å². The minimum Gasteiger partial charge on any atom is -0.481 e. The number of nitrogens with zero attached hydrogens (tertiary/aromatic N) is 1. The van der Waals surface area contributed by atoms with Crippen molar-refractivity contribution in [3.8, 4) is 0 Å². The molecule has 0 aromatic rings. The minimum atomic E-state index is -0.828. The highest BCUT2D eigenvalue weighted by Gasteiger charge is 2.42. The molecule has 1 rings (SSSR count). The van der Waals surface area contributed by atoms with Crippen LogP contribution in [0.15, 0.2) is 0 Å². The molecule has 0 bridgehead atoms. The summed E-state index contributed by atoms with van der Waals surface area (Å²) in [5.74, 6) is -0.424. The van der Waals surface area contributed by atoms with Crippen LogP contribution < -0.4 is 0 Å².